The summed E-state index contributed by atoms with van der Waals surface area (Å²) in [6, 6.07) is 15.6. The number of aromatic nitrogens is 2. The quantitative estimate of drug-likeness (QED) is 0.719. The van der Waals surface area contributed by atoms with Crippen molar-refractivity contribution in [2.24, 2.45) is 7.05 Å². The van der Waals surface area contributed by atoms with E-state index < -0.39 is 0 Å². The molecule has 0 unspecified atom stereocenters. The largest absolute Gasteiger partial charge is 0.296 e. The van der Waals surface area contributed by atoms with Crippen LogP contribution in [0.4, 0.5) is 0 Å². The van der Waals surface area contributed by atoms with E-state index in [9.17, 15) is 4.79 Å². The number of aryl methyl sites for hydroxylation is 1. The zero-order valence-corrected chi connectivity index (χ0v) is 12.1. The van der Waals surface area contributed by atoms with Crippen LogP contribution in [0.5, 0.6) is 0 Å². The molecule has 2 aromatic carbocycles. The smallest absolute Gasteiger partial charge is 0.261 e. The highest BCUT2D eigenvalue weighted by atomic mass is 16.1. The molecule has 0 aliphatic rings. The first kappa shape index (κ1) is 13.3. The third kappa shape index (κ3) is 2.63. The molecule has 3 nitrogen and oxygen atoms in total. The minimum Gasteiger partial charge on any atom is -0.296 e. The Morgan fingerprint density at radius 2 is 1.71 bits per heavy atom. The monoisotopic (exact) mass is 276 g/mol. The third-order valence-electron chi connectivity index (χ3n) is 3.52. The lowest BCUT2D eigenvalue weighted by Gasteiger charge is -2.05. The van der Waals surface area contributed by atoms with Crippen molar-refractivity contribution in [1.29, 1.82) is 0 Å². The van der Waals surface area contributed by atoms with E-state index in [1.807, 2.05) is 42.5 Å². The van der Waals surface area contributed by atoms with E-state index in [0.717, 1.165) is 11.1 Å². The van der Waals surface area contributed by atoms with Gasteiger partial charge in [-0.05, 0) is 30.7 Å². The van der Waals surface area contributed by atoms with Crippen LogP contribution in [0, 0.1) is 6.92 Å². The molecule has 21 heavy (non-hydrogen) atoms. The van der Waals surface area contributed by atoms with Crippen molar-refractivity contribution in [2.75, 3.05) is 0 Å². The molecule has 3 aromatic rings. The van der Waals surface area contributed by atoms with Crippen LogP contribution in [0.25, 0.3) is 23.1 Å². The van der Waals surface area contributed by atoms with E-state index >= 15 is 0 Å². The fourth-order valence-electron chi connectivity index (χ4n) is 2.23. The molecule has 0 saturated heterocycles. The van der Waals surface area contributed by atoms with Gasteiger partial charge in [0.1, 0.15) is 5.82 Å². The normalized spacial score (nSPS) is 11.3. The second-order valence-electron chi connectivity index (χ2n) is 5.10. The van der Waals surface area contributed by atoms with Gasteiger partial charge in [0.05, 0.1) is 10.9 Å². The highest BCUT2D eigenvalue weighted by Crippen LogP contribution is 2.10. The number of fused-ring (bicyclic) bond motifs is 1. The first-order chi connectivity index (χ1) is 10.1. The average Bonchev–Trinajstić information content (AvgIpc) is 2.51. The summed E-state index contributed by atoms with van der Waals surface area (Å²) in [5.74, 6) is 0.652. The third-order valence-corrected chi connectivity index (χ3v) is 3.52. The van der Waals surface area contributed by atoms with Gasteiger partial charge in [-0.2, -0.15) is 0 Å². The van der Waals surface area contributed by atoms with Gasteiger partial charge in [0, 0.05) is 7.05 Å². The van der Waals surface area contributed by atoms with E-state index in [0.29, 0.717) is 11.2 Å². The van der Waals surface area contributed by atoms with Gasteiger partial charge in [0.25, 0.3) is 5.56 Å². The Kier molecular flexibility index (Phi) is 3.40. The van der Waals surface area contributed by atoms with Crippen LogP contribution < -0.4 is 5.56 Å². The summed E-state index contributed by atoms with van der Waals surface area (Å²) >= 11 is 0. The standard InChI is InChI=1S/C18H16N2O/c1-13-7-9-14(10-8-13)11-12-17-19-16-6-4-3-5-15(16)18(21)20(17)2/h3-12H,1-2H3/b12-11+. The van der Waals surface area contributed by atoms with E-state index in [4.69, 9.17) is 0 Å². The zero-order valence-electron chi connectivity index (χ0n) is 12.1. The van der Waals surface area contributed by atoms with Crippen molar-refractivity contribution < 1.29 is 0 Å². The predicted molar refractivity (Wildman–Crippen MR) is 87.1 cm³/mol. The van der Waals surface area contributed by atoms with Gasteiger partial charge < -0.3 is 0 Å². The predicted octanol–water partition coefficient (Wildman–Crippen LogP) is 3.41. The molecular formula is C18H16N2O. The molecule has 0 fully saturated rings. The molecule has 3 rings (SSSR count). The Labute approximate surface area is 123 Å². The van der Waals surface area contributed by atoms with Crippen LogP contribution in [-0.4, -0.2) is 9.55 Å². The van der Waals surface area contributed by atoms with Crippen LogP contribution in [-0.2, 0) is 7.05 Å². The molecule has 104 valence electrons. The maximum absolute atomic E-state index is 12.3. The number of rotatable bonds is 2. The maximum Gasteiger partial charge on any atom is 0.261 e. The molecule has 3 heteroatoms. The van der Waals surface area contributed by atoms with E-state index in [-0.39, 0.29) is 5.56 Å². The molecule has 0 N–H and O–H groups in total. The molecule has 1 heterocycles. The summed E-state index contributed by atoms with van der Waals surface area (Å²) in [7, 11) is 1.75. The molecular weight excluding hydrogens is 260 g/mol. The summed E-state index contributed by atoms with van der Waals surface area (Å²) in [4.78, 5) is 16.8. The van der Waals surface area contributed by atoms with Gasteiger partial charge in [0.15, 0.2) is 0 Å². The minimum absolute atomic E-state index is 0.0239. The molecule has 0 aliphatic heterocycles. The number of hydrogen-bond donors (Lipinski definition) is 0. The molecule has 0 saturated carbocycles. The molecule has 0 radical (unpaired) electrons. The summed E-state index contributed by atoms with van der Waals surface area (Å²) in [5.41, 5.74) is 3.01. The fourth-order valence-corrected chi connectivity index (χ4v) is 2.23. The van der Waals surface area contributed by atoms with E-state index in [1.165, 1.54) is 5.56 Å². The van der Waals surface area contributed by atoms with Gasteiger partial charge in [-0.15, -0.1) is 0 Å². The second kappa shape index (κ2) is 5.37. The highest BCUT2D eigenvalue weighted by molar-refractivity contribution is 5.79. The summed E-state index contributed by atoms with van der Waals surface area (Å²) in [5, 5.41) is 0.646. The summed E-state index contributed by atoms with van der Waals surface area (Å²) in [6.07, 6.45) is 3.84. The number of hydrogen-bond acceptors (Lipinski definition) is 2. The van der Waals surface area contributed by atoms with Crippen LogP contribution in [0.2, 0.25) is 0 Å². The van der Waals surface area contributed by atoms with Crippen molar-refractivity contribution in [2.45, 2.75) is 6.92 Å². The lowest BCUT2D eigenvalue weighted by Crippen LogP contribution is -2.20. The molecule has 0 spiro atoms. The summed E-state index contributed by atoms with van der Waals surface area (Å²) < 4.78 is 1.58. The second-order valence-corrected chi connectivity index (χ2v) is 5.10. The van der Waals surface area contributed by atoms with Gasteiger partial charge in [0.2, 0.25) is 0 Å². The Morgan fingerprint density at radius 1 is 1.00 bits per heavy atom. The van der Waals surface area contributed by atoms with Crippen molar-refractivity contribution in [3.05, 3.63) is 75.8 Å². The fraction of sp³-hybridized carbons (Fsp3) is 0.111. The van der Waals surface area contributed by atoms with E-state index in [1.54, 1.807) is 17.7 Å². The van der Waals surface area contributed by atoms with Crippen LogP contribution >= 0.6 is 0 Å². The first-order valence-electron chi connectivity index (χ1n) is 6.86. The van der Waals surface area contributed by atoms with Crippen molar-refractivity contribution >= 4 is 23.1 Å². The topological polar surface area (TPSA) is 34.9 Å². The lowest BCUT2D eigenvalue weighted by atomic mass is 10.1. The van der Waals surface area contributed by atoms with E-state index in [2.05, 4.69) is 24.0 Å². The average molecular weight is 276 g/mol. The van der Waals surface area contributed by atoms with Gasteiger partial charge in [-0.3, -0.25) is 9.36 Å². The van der Waals surface area contributed by atoms with Crippen molar-refractivity contribution in [3.8, 4) is 0 Å². The number of benzene rings is 2. The van der Waals surface area contributed by atoms with Crippen molar-refractivity contribution in [1.82, 2.24) is 9.55 Å². The van der Waals surface area contributed by atoms with Gasteiger partial charge in [-0.1, -0.05) is 48.0 Å². The minimum atomic E-state index is -0.0239. The van der Waals surface area contributed by atoms with Crippen molar-refractivity contribution in [3.63, 3.8) is 0 Å². The molecule has 0 atom stereocenters. The lowest BCUT2D eigenvalue weighted by molar-refractivity contribution is 0.828. The molecule has 0 amide bonds. The molecule has 0 aliphatic carbocycles. The zero-order chi connectivity index (χ0) is 14.8. The molecule has 1 aromatic heterocycles. The Hall–Kier alpha value is -2.68. The SMILES string of the molecule is Cc1ccc(/C=C/c2nc3ccccc3c(=O)n2C)cc1. The highest BCUT2D eigenvalue weighted by Gasteiger charge is 2.04. The number of nitrogens with zero attached hydrogens (tertiary/aromatic N) is 2. The maximum atomic E-state index is 12.3. The number of para-hydroxylation sites is 1. The van der Waals surface area contributed by atoms with Crippen LogP contribution in [0.3, 0.4) is 0 Å². The summed E-state index contributed by atoms with van der Waals surface area (Å²) in [6.45, 7) is 2.06. The first-order valence-corrected chi connectivity index (χ1v) is 6.86. The van der Waals surface area contributed by atoms with Gasteiger partial charge in [-0.25, -0.2) is 4.98 Å². The Morgan fingerprint density at radius 3 is 2.48 bits per heavy atom. The van der Waals surface area contributed by atoms with Gasteiger partial charge >= 0.3 is 0 Å². The van der Waals surface area contributed by atoms with Crippen LogP contribution in [0.15, 0.2) is 53.3 Å². The van der Waals surface area contributed by atoms with Crippen LogP contribution in [0.1, 0.15) is 17.0 Å². The Bertz CT molecular complexity index is 874. The Balaban J connectivity index is 2.06. The molecule has 0 bridgehead atoms.